The van der Waals surface area contributed by atoms with Crippen molar-refractivity contribution in [2.45, 2.75) is 12.6 Å². The average molecular weight is 395 g/mol. The Morgan fingerprint density at radius 2 is 1.61 bits per heavy atom. The standard InChI is InChI=1S/C19H16F3NO5/c20-19(21,22)14-7-4-8-15(10-14)27-12-18(26)28-11-17(25)23-16(24)9-13-5-2-1-3-6-13/h1-8,10H,9,11-12H2,(H,23,24,25). The van der Waals surface area contributed by atoms with Crippen molar-refractivity contribution in [3.63, 3.8) is 0 Å². The molecule has 0 aliphatic rings. The molecule has 2 aromatic rings. The fourth-order valence-electron chi connectivity index (χ4n) is 2.11. The summed E-state index contributed by atoms with van der Waals surface area (Å²) in [5, 5.41) is 2.06. The molecule has 2 aromatic carbocycles. The average Bonchev–Trinajstić information content (AvgIpc) is 2.65. The fourth-order valence-corrected chi connectivity index (χ4v) is 2.11. The van der Waals surface area contributed by atoms with Crippen LogP contribution >= 0.6 is 0 Å². The van der Waals surface area contributed by atoms with Gasteiger partial charge in [0, 0.05) is 0 Å². The van der Waals surface area contributed by atoms with Gasteiger partial charge in [0.2, 0.25) is 5.91 Å². The second-order valence-corrected chi connectivity index (χ2v) is 5.61. The summed E-state index contributed by atoms with van der Waals surface area (Å²) in [5.74, 6) is -2.53. The van der Waals surface area contributed by atoms with Crippen LogP contribution in [-0.2, 0) is 31.7 Å². The van der Waals surface area contributed by atoms with E-state index in [0.29, 0.717) is 5.56 Å². The Labute approximate surface area is 158 Å². The molecular weight excluding hydrogens is 379 g/mol. The highest BCUT2D eigenvalue weighted by Gasteiger charge is 2.30. The molecule has 148 valence electrons. The molecule has 2 rings (SSSR count). The first-order valence-electron chi connectivity index (χ1n) is 8.06. The molecule has 0 heterocycles. The number of imide groups is 1. The second-order valence-electron chi connectivity index (χ2n) is 5.61. The Bertz CT molecular complexity index is 837. The van der Waals surface area contributed by atoms with E-state index in [0.717, 1.165) is 18.2 Å². The van der Waals surface area contributed by atoms with E-state index >= 15 is 0 Å². The van der Waals surface area contributed by atoms with Gasteiger partial charge < -0.3 is 9.47 Å². The number of carbonyl (C=O) groups is 3. The normalized spacial score (nSPS) is 10.8. The Hall–Kier alpha value is -3.36. The number of halogens is 3. The molecule has 0 bridgehead atoms. The van der Waals surface area contributed by atoms with Gasteiger partial charge in [-0.3, -0.25) is 14.9 Å². The van der Waals surface area contributed by atoms with Crippen LogP contribution in [-0.4, -0.2) is 31.0 Å². The van der Waals surface area contributed by atoms with E-state index < -0.39 is 42.7 Å². The van der Waals surface area contributed by atoms with Crippen LogP contribution in [0.25, 0.3) is 0 Å². The first-order chi connectivity index (χ1) is 13.2. The van der Waals surface area contributed by atoms with Crippen molar-refractivity contribution >= 4 is 17.8 Å². The smallest absolute Gasteiger partial charge is 0.416 e. The molecule has 9 heteroatoms. The number of esters is 1. The van der Waals surface area contributed by atoms with Gasteiger partial charge in [-0.1, -0.05) is 36.4 Å². The van der Waals surface area contributed by atoms with Crippen LogP contribution in [0.1, 0.15) is 11.1 Å². The van der Waals surface area contributed by atoms with Gasteiger partial charge in [0.05, 0.1) is 12.0 Å². The first kappa shape index (κ1) is 20.9. The predicted octanol–water partition coefficient (Wildman–Crippen LogP) is 2.51. The minimum atomic E-state index is -4.54. The van der Waals surface area contributed by atoms with Crippen molar-refractivity contribution in [2.24, 2.45) is 0 Å². The Morgan fingerprint density at radius 3 is 2.29 bits per heavy atom. The zero-order chi connectivity index (χ0) is 20.6. The number of nitrogens with one attached hydrogen (secondary N) is 1. The molecule has 1 N–H and O–H groups in total. The third kappa shape index (κ3) is 7.10. The molecule has 0 saturated carbocycles. The van der Waals surface area contributed by atoms with Crippen molar-refractivity contribution in [1.82, 2.24) is 5.32 Å². The van der Waals surface area contributed by atoms with Crippen LogP contribution in [0.15, 0.2) is 54.6 Å². The molecule has 0 aliphatic heterocycles. The summed E-state index contributed by atoms with van der Waals surface area (Å²) < 4.78 is 47.3. The summed E-state index contributed by atoms with van der Waals surface area (Å²) >= 11 is 0. The van der Waals surface area contributed by atoms with Crippen LogP contribution in [0, 0.1) is 0 Å². The highest BCUT2D eigenvalue weighted by Crippen LogP contribution is 2.31. The van der Waals surface area contributed by atoms with Crippen LogP contribution in [0.4, 0.5) is 13.2 Å². The van der Waals surface area contributed by atoms with Crippen molar-refractivity contribution < 1.29 is 37.0 Å². The van der Waals surface area contributed by atoms with Gasteiger partial charge in [0.25, 0.3) is 5.91 Å². The summed E-state index contributed by atoms with van der Waals surface area (Å²) in [5.41, 5.74) is -0.214. The number of ether oxygens (including phenoxy) is 2. The quantitative estimate of drug-likeness (QED) is 0.729. The maximum atomic E-state index is 12.6. The predicted molar refractivity (Wildman–Crippen MR) is 91.2 cm³/mol. The summed E-state index contributed by atoms with van der Waals surface area (Å²) in [6.45, 7) is -1.40. The summed E-state index contributed by atoms with van der Waals surface area (Å²) in [4.78, 5) is 34.8. The molecule has 0 aliphatic carbocycles. The largest absolute Gasteiger partial charge is 0.482 e. The highest BCUT2D eigenvalue weighted by atomic mass is 19.4. The lowest BCUT2D eigenvalue weighted by Gasteiger charge is -2.10. The van der Waals surface area contributed by atoms with E-state index in [9.17, 15) is 27.6 Å². The van der Waals surface area contributed by atoms with Gasteiger partial charge >= 0.3 is 12.1 Å². The van der Waals surface area contributed by atoms with E-state index in [-0.39, 0.29) is 12.2 Å². The third-order valence-corrected chi connectivity index (χ3v) is 3.37. The van der Waals surface area contributed by atoms with E-state index in [1.54, 1.807) is 30.3 Å². The molecule has 0 radical (unpaired) electrons. The van der Waals surface area contributed by atoms with Crippen molar-refractivity contribution in [1.29, 1.82) is 0 Å². The van der Waals surface area contributed by atoms with Crippen LogP contribution in [0.5, 0.6) is 5.75 Å². The van der Waals surface area contributed by atoms with Gasteiger partial charge in [-0.15, -0.1) is 0 Å². The van der Waals surface area contributed by atoms with Gasteiger partial charge in [-0.25, -0.2) is 4.79 Å². The molecular formula is C19H16F3NO5. The van der Waals surface area contributed by atoms with Gasteiger partial charge in [-0.2, -0.15) is 13.2 Å². The molecule has 0 spiro atoms. The number of hydrogen-bond donors (Lipinski definition) is 1. The maximum absolute atomic E-state index is 12.6. The highest BCUT2D eigenvalue weighted by molar-refractivity contribution is 5.97. The number of rotatable bonds is 7. The lowest BCUT2D eigenvalue weighted by atomic mass is 10.1. The maximum Gasteiger partial charge on any atom is 0.416 e. The molecule has 6 nitrogen and oxygen atoms in total. The summed E-state index contributed by atoms with van der Waals surface area (Å²) in [6, 6.07) is 12.7. The summed E-state index contributed by atoms with van der Waals surface area (Å²) in [7, 11) is 0. The fraction of sp³-hybridized carbons (Fsp3) is 0.211. The first-order valence-corrected chi connectivity index (χ1v) is 8.06. The second kappa shape index (κ2) is 9.54. The van der Waals surface area contributed by atoms with Crippen LogP contribution in [0.3, 0.4) is 0 Å². The SMILES string of the molecule is O=C(COC(=O)COc1cccc(C(F)(F)F)c1)NC(=O)Cc1ccccc1. The number of benzene rings is 2. The minimum Gasteiger partial charge on any atom is -0.482 e. The van der Waals surface area contributed by atoms with Crippen molar-refractivity contribution in [3.8, 4) is 5.75 Å². The summed E-state index contributed by atoms with van der Waals surface area (Å²) in [6.07, 6.45) is -4.55. The van der Waals surface area contributed by atoms with Crippen molar-refractivity contribution in [2.75, 3.05) is 13.2 Å². The van der Waals surface area contributed by atoms with Gasteiger partial charge in [0.15, 0.2) is 13.2 Å². The molecule has 0 saturated heterocycles. The van der Waals surface area contributed by atoms with Gasteiger partial charge in [-0.05, 0) is 23.8 Å². The third-order valence-electron chi connectivity index (χ3n) is 3.37. The molecule has 2 amide bonds. The Balaban J connectivity index is 1.72. The van der Waals surface area contributed by atoms with E-state index in [2.05, 4.69) is 10.1 Å². The minimum absolute atomic E-state index is 0.0147. The molecule has 0 fully saturated rings. The van der Waals surface area contributed by atoms with Crippen LogP contribution < -0.4 is 10.1 Å². The zero-order valence-corrected chi connectivity index (χ0v) is 14.5. The Morgan fingerprint density at radius 1 is 0.893 bits per heavy atom. The zero-order valence-electron chi connectivity index (χ0n) is 14.5. The lowest BCUT2D eigenvalue weighted by Crippen LogP contribution is -2.35. The van der Waals surface area contributed by atoms with E-state index in [4.69, 9.17) is 4.74 Å². The Kier molecular flexibility index (Phi) is 7.14. The number of amides is 2. The van der Waals surface area contributed by atoms with Crippen molar-refractivity contribution in [3.05, 3.63) is 65.7 Å². The topological polar surface area (TPSA) is 81.7 Å². The van der Waals surface area contributed by atoms with Gasteiger partial charge in [0.1, 0.15) is 5.75 Å². The van der Waals surface area contributed by atoms with Crippen LogP contribution in [0.2, 0.25) is 0 Å². The monoisotopic (exact) mass is 395 g/mol. The molecule has 0 atom stereocenters. The number of hydrogen-bond acceptors (Lipinski definition) is 5. The lowest BCUT2D eigenvalue weighted by molar-refractivity contribution is -0.151. The molecule has 0 unspecified atom stereocenters. The van der Waals surface area contributed by atoms with E-state index in [1.165, 1.54) is 6.07 Å². The molecule has 0 aromatic heterocycles. The number of alkyl halides is 3. The molecule has 28 heavy (non-hydrogen) atoms. The number of carbonyl (C=O) groups excluding carboxylic acids is 3. The van der Waals surface area contributed by atoms with E-state index in [1.807, 2.05) is 0 Å².